The maximum absolute atomic E-state index is 12.4. The second-order valence-electron chi connectivity index (χ2n) is 6.65. The number of anilines is 1. The summed E-state index contributed by atoms with van der Waals surface area (Å²) >= 11 is 0. The van der Waals surface area contributed by atoms with E-state index in [9.17, 15) is 14.4 Å². The minimum absolute atomic E-state index is 0.147. The number of H-pyrrole nitrogens is 2. The lowest BCUT2D eigenvalue weighted by atomic mass is 10.00. The Kier molecular flexibility index (Phi) is 4.64. The third kappa shape index (κ3) is 3.38. The van der Waals surface area contributed by atoms with Crippen LogP contribution >= 0.6 is 0 Å². The number of nitrogens with one attached hydrogen (secondary N) is 3. The number of carbonyl (C=O) groups is 2. The lowest BCUT2D eigenvalue weighted by Crippen LogP contribution is -2.08. The van der Waals surface area contributed by atoms with Crippen LogP contribution < -0.4 is 10.9 Å². The molecular weight excluding hydrogens is 370 g/mol. The van der Waals surface area contributed by atoms with Gasteiger partial charge in [0.15, 0.2) is 0 Å². The second kappa shape index (κ2) is 7.27. The molecule has 2 aromatic carbocycles. The normalized spacial score (nSPS) is 11.0. The van der Waals surface area contributed by atoms with Crippen molar-refractivity contribution in [3.05, 3.63) is 64.6 Å². The first-order valence-electron chi connectivity index (χ1n) is 9.20. The highest BCUT2D eigenvalue weighted by atomic mass is 16.5. The lowest BCUT2D eigenvalue weighted by molar-refractivity contribution is -0.114. The zero-order valence-electron chi connectivity index (χ0n) is 16.0. The summed E-state index contributed by atoms with van der Waals surface area (Å²) in [6, 6.07) is 13.1. The predicted molar refractivity (Wildman–Crippen MR) is 112 cm³/mol. The molecule has 4 aromatic rings. The SMILES string of the molecule is CCOC(=O)c1c[nH]c2c(=O)[nH]c3ccc(-c4cccc(NC(C)=O)c4)cc3c12. The summed E-state index contributed by atoms with van der Waals surface area (Å²) in [6.07, 6.45) is 1.50. The fourth-order valence-corrected chi connectivity index (χ4v) is 3.46. The van der Waals surface area contributed by atoms with E-state index in [1.165, 1.54) is 13.1 Å². The van der Waals surface area contributed by atoms with Crippen molar-refractivity contribution in [1.82, 2.24) is 9.97 Å². The maximum atomic E-state index is 12.4. The maximum Gasteiger partial charge on any atom is 0.340 e. The highest BCUT2D eigenvalue weighted by molar-refractivity contribution is 6.15. The Morgan fingerprint density at radius 1 is 1.10 bits per heavy atom. The van der Waals surface area contributed by atoms with Crippen molar-refractivity contribution in [2.75, 3.05) is 11.9 Å². The number of hydrogen-bond donors (Lipinski definition) is 3. The monoisotopic (exact) mass is 389 g/mol. The fourth-order valence-electron chi connectivity index (χ4n) is 3.46. The number of amides is 1. The van der Waals surface area contributed by atoms with E-state index in [2.05, 4.69) is 15.3 Å². The van der Waals surface area contributed by atoms with Crippen molar-refractivity contribution in [3.63, 3.8) is 0 Å². The van der Waals surface area contributed by atoms with Crippen molar-refractivity contribution in [1.29, 1.82) is 0 Å². The molecule has 0 fully saturated rings. The Hall–Kier alpha value is -3.87. The standard InChI is InChI=1S/C22H19N3O4/c1-3-29-22(28)17-11-23-20-19(17)16-10-14(7-8-18(16)25-21(20)27)13-5-4-6-15(9-13)24-12(2)26/h4-11,23H,3H2,1-2H3,(H,24,26)(H,25,27). The van der Waals surface area contributed by atoms with Crippen LogP contribution in [-0.4, -0.2) is 28.5 Å². The van der Waals surface area contributed by atoms with E-state index in [0.29, 0.717) is 27.7 Å². The molecule has 0 aliphatic heterocycles. The Morgan fingerprint density at radius 3 is 2.66 bits per heavy atom. The molecule has 0 aliphatic carbocycles. The average molecular weight is 389 g/mol. The number of rotatable bonds is 4. The van der Waals surface area contributed by atoms with E-state index in [-0.39, 0.29) is 18.1 Å². The van der Waals surface area contributed by atoms with E-state index < -0.39 is 5.97 Å². The topological polar surface area (TPSA) is 104 Å². The minimum Gasteiger partial charge on any atom is -0.462 e. The van der Waals surface area contributed by atoms with Crippen molar-refractivity contribution in [3.8, 4) is 11.1 Å². The first-order valence-corrected chi connectivity index (χ1v) is 9.20. The van der Waals surface area contributed by atoms with Gasteiger partial charge in [0.2, 0.25) is 5.91 Å². The summed E-state index contributed by atoms with van der Waals surface area (Å²) in [6.45, 7) is 3.43. The van der Waals surface area contributed by atoms with E-state index in [1.54, 1.807) is 13.0 Å². The Labute approximate surface area is 165 Å². The van der Waals surface area contributed by atoms with Crippen molar-refractivity contribution < 1.29 is 14.3 Å². The number of aromatic amines is 2. The molecule has 4 rings (SSSR count). The molecule has 0 spiro atoms. The lowest BCUT2D eigenvalue weighted by Gasteiger charge is -2.09. The molecule has 0 saturated heterocycles. The largest absolute Gasteiger partial charge is 0.462 e. The quantitative estimate of drug-likeness (QED) is 0.462. The molecule has 146 valence electrons. The first-order chi connectivity index (χ1) is 14.0. The van der Waals surface area contributed by atoms with Gasteiger partial charge in [-0.2, -0.15) is 0 Å². The smallest absolute Gasteiger partial charge is 0.340 e. The molecule has 0 bridgehead atoms. The molecule has 0 saturated carbocycles. The molecule has 7 nitrogen and oxygen atoms in total. The van der Waals surface area contributed by atoms with E-state index in [1.807, 2.05) is 36.4 Å². The van der Waals surface area contributed by atoms with E-state index >= 15 is 0 Å². The third-order valence-corrected chi connectivity index (χ3v) is 4.66. The third-order valence-electron chi connectivity index (χ3n) is 4.66. The number of ether oxygens (including phenoxy) is 1. The summed E-state index contributed by atoms with van der Waals surface area (Å²) in [5.74, 6) is -0.630. The molecule has 0 aliphatic rings. The number of benzene rings is 2. The van der Waals surface area contributed by atoms with Crippen LogP contribution in [0.2, 0.25) is 0 Å². The van der Waals surface area contributed by atoms with Crippen LogP contribution in [0.3, 0.4) is 0 Å². The summed E-state index contributed by atoms with van der Waals surface area (Å²) in [4.78, 5) is 41.9. The molecule has 2 heterocycles. The molecular formula is C22H19N3O4. The van der Waals surface area contributed by atoms with Gasteiger partial charge in [-0.1, -0.05) is 18.2 Å². The van der Waals surface area contributed by atoms with Crippen LogP contribution in [-0.2, 0) is 9.53 Å². The molecule has 7 heteroatoms. The molecule has 1 amide bonds. The highest BCUT2D eigenvalue weighted by Gasteiger charge is 2.18. The Morgan fingerprint density at radius 2 is 1.90 bits per heavy atom. The van der Waals surface area contributed by atoms with Gasteiger partial charge in [-0.05, 0) is 42.3 Å². The van der Waals surface area contributed by atoms with Crippen molar-refractivity contribution >= 4 is 39.4 Å². The van der Waals surface area contributed by atoms with Gasteiger partial charge in [0.25, 0.3) is 5.56 Å². The van der Waals surface area contributed by atoms with Gasteiger partial charge in [0.1, 0.15) is 5.52 Å². The molecule has 0 unspecified atom stereocenters. The van der Waals surface area contributed by atoms with Gasteiger partial charge in [0, 0.05) is 35.1 Å². The summed E-state index contributed by atoms with van der Waals surface area (Å²) < 4.78 is 5.14. The number of aromatic nitrogens is 2. The van der Waals surface area contributed by atoms with Crippen molar-refractivity contribution in [2.45, 2.75) is 13.8 Å². The molecule has 0 atom stereocenters. The number of carbonyl (C=O) groups excluding carboxylic acids is 2. The van der Waals surface area contributed by atoms with Gasteiger partial charge in [0.05, 0.1) is 12.2 Å². The number of pyridine rings is 1. The molecule has 29 heavy (non-hydrogen) atoms. The Balaban J connectivity index is 1.93. The van der Waals surface area contributed by atoms with E-state index in [4.69, 9.17) is 4.74 Å². The zero-order valence-corrected chi connectivity index (χ0v) is 16.0. The molecule has 3 N–H and O–H groups in total. The summed E-state index contributed by atoms with van der Waals surface area (Å²) in [7, 11) is 0. The van der Waals surface area contributed by atoms with Gasteiger partial charge in [-0.15, -0.1) is 0 Å². The average Bonchev–Trinajstić information content (AvgIpc) is 3.14. The summed E-state index contributed by atoms with van der Waals surface area (Å²) in [5.41, 5.74) is 3.43. The van der Waals surface area contributed by atoms with Crippen molar-refractivity contribution in [2.24, 2.45) is 0 Å². The van der Waals surface area contributed by atoms with Gasteiger partial charge >= 0.3 is 5.97 Å². The van der Waals surface area contributed by atoms with Crippen LogP contribution in [0.25, 0.3) is 32.9 Å². The van der Waals surface area contributed by atoms with Crippen LogP contribution in [0.4, 0.5) is 5.69 Å². The van der Waals surface area contributed by atoms with Crippen LogP contribution in [0.5, 0.6) is 0 Å². The minimum atomic E-state index is -0.483. The van der Waals surface area contributed by atoms with E-state index in [0.717, 1.165) is 16.5 Å². The van der Waals surface area contributed by atoms with Crippen LogP contribution in [0.15, 0.2) is 53.5 Å². The van der Waals surface area contributed by atoms with Gasteiger partial charge in [-0.25, -0.2) is 4.79 Å². The first kappa shape index (κ1) is 18.5. The van der Waals surface area contributed by atoms with Gasteiger partial charge < -0.3 is 20.0 Å². The van der Waals surface area contributed by atoms with Crippen LogP contribution in [0, 0.1) is 0 Å². The zero-order chi connectivity index (χ0) is 20.5. The second-order valence-corrected chi connectivity index (χ2v) is 6.65. The Bertz CT molecular complexity index is 1320. The molecule has 0 radical (unpaired) electrons. The highest BCUT2D eigenvalue weighted by Crippen LogP contribution is 2.30. The number of esters is 1. The van der Waals surface area contributed by atoms with Crippen LogP contribution in [0.1, 0.15) is 24.2 Å². The predicted octanol–water partition coefficient (Wildman–Crippen LogP) is 3.81. The fraction of sp³-hybridized carbons (Fsp3) is 0.136. The van der Waals surface area contributed by atoms with Gasteiger partial charge in [-0.3, -0.25) is 9.59 Å². The molecule has 2 aromatic heterocycles. The number of fused-ring (bicyclic) bond motifs is 3. The summed E-state index contributed by atoms with van der Waals surface area (Å²) in [5, 5.41) is 4.03. The number of hydrogen-bond acceptors (Lipinski definition) is 4.